The zero-order chi connectivity index (χ0) is 11.3. The summed E-state index contributed by atoms with van der Waals surface area (Å²) < 4.78 is 12.5. The molecule has 78 valence electrons. The number of aliphatic carboxylic acids is 1. The standard InChI is InChI=1S/C11H10FNO2/c12-9-6-4-8(5-7-9)2-1-3-10(13)11(14)15/h4-7,10H,3,13H2,(H,14,15)/t10-/m0/s1. The molecule has 0 heterocycles. The molecule has 0 aliphatic rings. The van der Waals surface area contributed by atoms with Crippen LogP contribution in [0, 0.1) is 17.7 Å². The molecule has 0 fully saturated rings. The van der Waals surface area contributed by atoms with Gasteiger partial charge in [-0.2, -0.15) is 0 Å². The van der Waals surface area contributed by atoms with Crippen molar-refractivity contribution in [2.24, 2.45) is 5.73 Å². The lowest BCUT2D eigenvalue weighted by atomic mass is 10.2. The predicted octanol–water partition coefficient (Wildman–Crippen LogP) is 0.979. The Morgan fingerprint density at radius 1 is 1.47 bits per heavy atom. The Kier molecular flexibility index (Phi) is 3.83. The quantitative estimate of drug-likeness (QED) is 0.710. The van der Waals surface area contributed by atoms with E-state index in [2.05, 4.69) is 11.8 Å². The molecule has 1 aromatic carbocycles. The molecule has 0 saturated heterocycles. The lowest BCUT2D eigenvalue weighted by Gasteiger charge is -1.98. The topological polar surface area (TPSA) is 63.3 Å². The van der Waals surface area contributed by atoms with E-state index in [0.29, 0.717) is 5.56 Å². The van der Waals surface area contributed by atoms with Crippen LogP contribution in [0.5, 0.6) is 0 Å². The average Bonchev–Trinajstić information content (AvgIpc) is 2.20. The van der Waals surface area contributed by atoms with Crippen LogP contribution in [0.3, 0.4) is 0 Å². The van der Waals surface area contributed by atoms with E-state index in [1.807, 2.05) is 0 Å². The molecular weight excluding hydrogens is 197 g/mol. The highest BCUT2D eigenvalue weighted by Crippen LogP contribution is 2.00. The van der Waals surface area contributed by atoms with Crippen LogP contribution in [0.1, 0.15) is 12.0 Å². The number of carbonyl (C=O) groups is 1. The Balaban J connectivity index is 2.59. The molecule has 1 rings (SSSR count). The molecule has 0 bridgehead atoms. The van der Waals surface area contributed by atoms with Crippen LogP contribution in [0.15, 0.2) is 24.3 Å². The maximum absolute atomic E-state index is 12.5. The number of hydrogen-bond acceptors (Lipinski definition) is 2. The molecule has 0 amide bonds. The van der Waals surface area contributed by atoms with Crippen LogP contribution in [0.25, 0.3) is 0 Å². The molecule has 1 atom stereocenters. The summed E-state index contributed by atoms with van der Waals surface area (Å²) in [7, 11) is 0. The van der Waals surface area contributed by atoms with Gasteiger partial charge in [-0.05, 0) is 24.3 Å². The number of hydrogen-bond donors (Lipinski definition) is 2. The van der Waals surface area contributed by atoms with Gasteiger partial charge in [-0.15, -0.1) is 0 Å². The van der Waals surface area contributed by atoms with E-state index >= 15 is 0 Å². The van der Waals surface area contributed by atoms with Gasteiger partial charge in [-0.3, -0.25) is 4.79 Å². The second kappa shape index (κ2) is 5.13. The molecular formula is C11H10FNO2. The predicted molar refractivity (Wildman–Crippen MR) is 53.5 cm³/mol. The molecule has 0 radical (unpaired) electrons. The Morgan fingerprint density at radius 3 is 2.60 bits per heavy atom. The van der Waals surface area contributed by atoms with Crippen molar-refractivity contribution in [3.05, 3.63) is 35.6 Å². The van der Waals surface area contributed by atoms with Gasteiger partial charge in [0.25, 0.3) is 0 Å². The summed E-state index contributed by atoms with van der Waals surface area (Å²) in [4.78, 5) is 10.3. The van der Waals surface area contributed by atoms with Crippen molar-refractivity contribution >= 4 is 5.97 Å². The average molecular weight is 207 g/mol. The fraction of sp³-hybridized carbons (Fsp3) is 0.182. The van der Waals surface area contributed by atoms with E-state index in [-0.39, 0.29) is 12.2 Å². The zero-order valence-electron chi connectivity index (χ0n) is 7.90. The number of benzene rings is 1. The van der Waals surface area contributed by atoms with Crippen molar-refractivity contribution in [3.8, 4) is 11.8 Å². The minimum absolute atomic E-state index is 0.0761. The minimum atomic E-state index is -1.08. The monoisotopic (exact) mass is 207 g/mol. The highest BCUT2D eigenvalue weighted by atomic mass is 19.1. The Labute approximate surface area is 86.7 Å². The van der Waals surface area contributed by atoms with Gasteiger partial charge in [0.2, 0.25) is 0 Å². The summed E-state index contributed by atoms with van der Waals surface area (Å²) in [6, 6.07) is 4.66. The van der Waals surface area contributed by atoms with Gasteiger partial charge in [0.1, 0.15) is 11.9 Å². The summed E-state index contributed by atoms with van der Waals surface area (Å²) in [5.41, 5.74) is 5.88. The molecule has 0 aromatic heterocycles. The van der Waals surface area contributed by atoms with Crippen molar-refractivity contribution in [1.29, 1.82) is 0 Å². The molecule has 0 aliphatic heterocycles. The molecule has 0 saturated carbocycles. The van der Waals surface area contributed by atoms with Gasteiger partial charge in [0.15, 0.2) is 0 Å². The Morgan fingerprint density at radius 2 is 2.07 bits per heavy atom. The van der Waals surface area contributed by atoms with E-state index in [4.69, 9.17) is 10.8 Å². The molecule has 1 aromatic rings. The second-order valence-corrected chi connectivity index (χ2v) is 2.96. The van der Waals surface area contributed by atoms with Crippen LogP contribution in [-0.2, 0) is 4.79 Å². The second-order valence-electron chi connectivity index (χ2n) is 2.96. The smallest absolute Gasteiger partial charge is 0.321 e. The fourth-order valence-corrected chi connectivity index (χ4v) is 0.884. The van der Waals surface area contributed by atoms with E-state index < -0.39 is 12.0 Å². The molecule has 4 heteroatoms. The summed E-state index contributed by atoms with van der Waals surface area (Å²) in [6.45, 7) is 0. The third-order valence-corrected chi connectivity index (χ3v) is 1.72. The maximum atomic E-state index is 12.5. The normalized spacial score (nSPS) is 11.3. The largest absolute Gasteiger partial charge is 0.480 e. The number of nitrogens with two attached hydrogens (primary N) is 1. The first-order valence-electron chi connectivity index (χ1n) is 4.32. The van der Waals surface area contributed by atoms with Crippen LogP contribution in [0.4, 0.5) is 4.39 Å². The van der Waals surface area contributed by atoms with Crippen molar-refractivity contribution in [1.82, 2.24) is 0 Å². The lowest BCUT2D eigenvalue weighted by Crippen LogP contribution is -2.29. The summed E-state index contributed by atoms with van der Waals surface area (Å²) in [5.74, 6) is 3.91. The fourth-order valence-electron chi connectivity index (χ4n) is 0.884. The molecule has 3 N–H and O–H groups in total. The van der Waals surface area contributed by atoms with Gasteiger partial charge in [0.05, 0.1) is 0 Å². The van der Waals surface area contributed by atoms with E-state index in [0.717, 1.165) is 0 Å². The number of carboxylic acids is 1. The third kappa shape index (κ3) is 3.79. The van der Waals surface area contributed by atoms with Crippen molar-refractivity contribution < 1.29 is 14.3 Å². The van der Waals surface area contributed by atoms with Crippen molar-refractivity contribution in [3.63, 3.8) is 0 Å². The van der Waals surface area contributed by atoms with Gasteiger partial charge in [-0.1, -0.05) is 11.8 Å². The van der Waals surface area contributed by atoms with Crippen LogP contribution < -0.4 is 5.73 Å². The summed E-state index contributed by atoms with van der Waals surface area (Å²) in [5, 5.41) is 8.47. The van der Waals surface area contributed by atoms with E-state index in [9.17, 15) is 9.18 Å². The molecule has 15 heavy (non-hydrogen) atoms. The van der Waals surface area contributed by atoms with Crippen LogP contribution in [-0.4, -0.2) is 17.1 Å². The van der Waals surface area contributed by atoms with Crippen molar-refractivity contribution in [2.75, 3.05) is 0 Å². The van der Waals surface area contributed by atoms with Gasteiger partial charge >= 0.3 is 5.97 Å². The lowest BCUT2D eigenvalue weighted by molar-refractivity contribution is -0.138. The maximum Gasteiger partial charge on any atom is 0.321 e. The third-order valence-electron chi connectivity index (χ3n) is 1.72. The number of rotatable bonds is 2. The first-order chi connectivity index (χ1) is 7.09. The first-order valence-corrected chi connectivity index (χ1v) is 4.32. The van der Waals surface area contributed by atoms with Crippen LogP contribution in [0.2, 0.25) is 0 Å². The van der Waals surface area contributed by atoms with E-state index in [1.54, 1.807) is 0 Å². The summed E-state index contributed by atoms with van der Waals surface area (Å²) in [6.07, 6.45) is 0.0761. The van der Waals surface area contributed by atoms with Gasteiger partial charge in [0, 0.05) is 12.0 Å². The number of halogens is 1. The highest BCUT2D eigenvalue weighted by Gasteiger charge is 2.07. The molecule has 0 aliphatic carbocycles. The van der Waals surface area contributed by atoms with Gasteiger partial charge < -0.3 is 10.8 Å². The highest BCUT2D eigenvalue weighted by molar-refractivity contribution is 5.73. The van der Waals surface area contributed by atoms with E-state index in [1.165, 1.54) is 24.3 Å². The molecule has 0 spiro atoms. The van der Waals surface area contributed by atoms with Gasteiger partial charge in [-0.25, -0.2) is 4.39 Å². The van der Waals surface area contributed by atoms with Crippen molar-refractivity contribution in [2.45, 2.75) is 12.5 Å². The minimum Gasteiger partial charge on any atom is -0.480 e. The zero-order valence-corrected chi connectivity index (χ0v) is 7.90. The Hall–Kier alpha value is -1.86. The Bertz CT molecular complexity index is 403. The first kappa shape index (κ1) is 11.2. The SMILES string of the molecule is N[C@@H](CC#Cc1ccc(F)cc1)C(=O)O. The molecule has 0 unspecified atom stereocenters. The number of carboxylic acid groups (broad SMARTS) is 1. The van der Waals surface area contributed by atoms with Crippen LogP contribution >= 0.6 is 0 Å². The molecule has 3 nitrogen and oxygen atoms in total. The summed E-state index contributed by atoms with van der Waals surface area (Å²) >= 11 is 0.